The zero-order chi connectivity index (χ0) is 11.8. The summed E-state index contributed by atoms with van der Waals surface area (Å²) in [6, 6.07) is 5.20. The molecule has 2 nitrogen and oxygen atoms in total. The minimum atomic E-state index is 0.789. The molecule has 0 amide bonds. The van der Waals surface area contributed by atoms with Gasteiger partial charge in [0.15, 0.2) is 0 Å². The molecule has 1 N–H and O–H groups in total. The van der Waals surface area contributed by atoms with E-state index in [1.54, 1.807) is 0 Å². The number of hydrogen-bond donors (Lipinski definition) is 1. The van der Waals surface area contributed by atoms with Gasteiger partial charge in [-0.25, -0.2) is 0 Å². The van der Waals surface area contributed by atoms with Crippen LogP contribution in [0.4, 0.5) is 0 Å². The Morgan fingerprint density at radius 1 is 1.29 bits per heavy atom. The minimum absolute atomic E-state index is 0.789. The monoisotopic (exact) mass is 229 g/mol. The minimum Gasteiger partial charge on any atom is -0.464 e. The van der Waals surface area contributed by atoms with Crippen molar-refractivity contribution in [2.24, 2.45) is 0 Å². The van der Waals surface area contributed by atoms with E-state index in [2.05, 4.69) is 31.3 Å². The average Bonchev–Trinajstić information content (AvgIpc) is 3.01. The van der Waals surface area contributed by atoms with E-state index in [0.29, 0.717) is 0 Å². The molecule has 1 saturated carbocycles. The van der Waals surface area contributed by atoms with Crippen molar-refractivity contribution in [3.63, 3.8) is 0 Å². The molecule has 0 atom stereocenters. The van der Waals surface area contributed by atoms with Crippen molar-refractivity contribution in [3.8, 4) is 0 Å². The first-order valence-corrected chi connectivity index (χ1v) is 6.45. The molecule has 0 unspecified atom stereocenters. The summed E-state index contributed by atoms with van der Waals surface area (Å²) in [6.07, 6.45) is 5.69. The van der Waals surface area contributed by atoms with Gasteiger partial charge in [0.2, 0.25) is 0 Å². The number of rotatable bonds is 4. The second-order valence-corrected chi connectivity index (χ2v) is 5.20. The van der Waals surface area contributed by atoms with Crippen LogP contribution in [0.3, 0.4) is 0 Å². The van der Waals surface area contributed by atoms with Gasteiger partial charge < -0.3 is 9.73 Å². The topological polar surface area (TPSA) is 25.2 Å². The van der Waals surface area contributed by atoms with Crippen molar-refractivity contribution in [1.29, 1.82) is 0 Å². The molecule has 90 valence electrons. The van der Waals surface area contributed by atoms with E-state index in [1.807, 2.05) is 6.26 Å². The third-order valence-electron chi connectivity index (χ3n) is 3.49. The summed E-state index contributed by atoms with van der Waals surface area (Å²) in [7, 11) is 0. The van der Waals surface area contributed by atoms with Crippen LogP contribution in [0.15, 0.2) is 22.8 Å². The van der Waals surface area contributed by atoms with Crippen LogP contribution in [-0.2, 0) is 6.42 Å². The van der Waals surface area contributed by atoms with Gasteiger partial charge >= 0.3 is 0 Å². The molecule has 3 rings (SSSR count). The van der Waals surface area contributed by atoms with Gasteiger partial charge in [-0.3, -0.25) is 0 Å². The average molecular weight is 229 g/mol. The van der Waals surface area contributed by atoms with E-state index >= 15 is 0 Å². The number of nitrogens with one attached hydrogen (secondary N) is 1. The highest BCUT2D eigenvalue weighted by atomic mass is 16.3. The van der Waals surface area contributed by atoms with Gasteiger partial charge in [-0.2, -0.15) is 0 Å². The lowest BCUT2D eigenvalue weighted by Crippen LogP contribution is -2.19. The fraction of sp³-hybridized carbons (Fsp3) is 0.467. The Morgan fingerprint density at radius 3 is 2.88 bits per heavy atom. The van der Waals surface area contributed by atoms with Crippen LogP contribution in [0.2, 0.25) is 0 Å². The molecule has 1 aliphatic rings. The number of hydrogen-bond acceptors (Lipinski definition) is 2. The summed E-state index contributed by atoms with van der Waals surface area (Å²) in [6.45, 7) is 5.32. The van der Waals surface area contributed by atoms with Crippen LogP contribution in [-0.4, -0.2) is 12.6 Å². The first-order chi connectivity index (χ1) is 8.24. The fourth-order valence-corrected chi connectivity index (χ4v) is 2.43. The van der Waals surface area contributed by atoms with Gasteiger partial charge in [0, 0.05) is 11.4 Å². The molecular formula is C15H19NO. The van der Waals surface area contributed by atoms with Gasteiger partial charge in [0.05, 0.1) is 6.26 Å². The van der Waals surface area contributed by atoms with Crippen molar-refractivity contribution < 1.29 is 4.42 Å². The Kier molecular flexibility index (Phi) is 2.67. The third kappa shape index (κ3) is 2.22. The molecule has 1 aliphatic carbocycles. The van der Waals surface area contributed by atoms with Gasteiger partial charge in [-0.1, -0.05) is 6.07 Å². The SMILES string of the molecule is Cc1cc(C)c2occ(CCNC3CC3)c2c1. The van der Waals surface area contributed by atoms with E-state index < -0.39 is 0 Å². The maximum absolute atomic E-state index is 5.68. The smallest absolute Gasteiger partial charge is 0.137 e. The lowest BCUT2D eigenvalue weighted by molar-refractivity contribution is 0.603. The molecule has 2 heteroatoms. The summed E-state index contributed by atoms with van der Waals surface area (Å²) >= 11 is 0. The number of aryl methyl sites for hydroxylation is 2. The highest BCUT2D eigenvalue weighted by Gasteiger charge is 2.20. The third-order valence-corrected chi connectivity index (χ3v) is 3.49. The van der Waals surface area contributed by atoms with Crippen LogP contribution < -0.4 is 5.32 Å². The molecule has 0 spiro atoms. The Hall–Kier alpha value is -1.28. The molecule has 1 aromatic heterocycles. The number of fused-ring (bicyclic) bond motifs is 1. The summed E-state index contributed by atoms with van der Waals surface area (Å²) in [5, 5.41) is 4.84. The van der Waals surface area contributed by atoms with E-state index in [1.165, 1.54) is 34.9 Å². The molecule has 0 aliphatic heterocycles. The van der Waals surface area contributed by atoms with Crippen LogP contribution in [0.25, 0.3) is 11.0 Å². The van der Waals surface area contributed by atoms with Gasteiger partial charge in [0.25, 0.3) is 0 Å². The standard InChI is InChI=1S/C15H19NO/c1-10-7-11(2)15-14(8-10)12(9-17-15)5-6-16-13-3-4-13/h7-9,13,16H,3-6H2,1-2H3. The molecule has 0 bridgehead atoms. The van der Waals surface area contributed by atoms with E-state index in [0.717, 1.165) is 24.6 Å². The summed E-state index contributed by atoms with van der Waals surface area (Å²) < 4.78 is 5.68. The lowest BCUT2D eigenvalue weighted by Gasteiger charge is -2.02. The quantitative estimate of drug-likeness (QED) is 0.869. The van der Waals surface area contributed by atoms with E-state index in [-0.39, 0.29) is 0 Å². The maximum Gasteiger partial charge on any atom is 0.137 e. The summed E-state index contributed by atoms with van der Waals surface area (Å²) in [5.41, 5.74) is 4.94. The highest BCUT2D eigenvalue weighted by Crippen LogP contribution is 2.26. The normalized spacial score (nSPS) is 15.6. The molecule has 0 radical (unpaired) electrons. The molecule has 2 aromatic rings. The largest absolute Gasteiger partial charge is 0.464 e. The molecule has 0 saturated heterocycles. The Bertz CT molecular complexity index is 537. The molecule has 1 fully saturated rings. The Balaban J connectivity index is 1.83. The van der Waals surface area contributed by atoms with Crippen LogP contribution in [0.1, 0.15) is 29.5 Å². The summed E-state index contributed by atoms with van der Waals surface area (Å²) in [5.74, 6) is 0. The predicted molar refractivity (Wildman–Crippen MR) is 70.4 cm³/mol. The van der Waals surface area contributed by atoms with Crippen molar-refractivity contribution >= 4 is 11.0 Å². The Morgan fingerprint density at radius 2 is 2.12 bits per heavy atom. The predicted octanol–water partition coefficient (Wildman–Crippen LogP) is 3.34. The van der Waals surface area contributed by atoms with Crippen molar-refractivity contribution in [1.82, 2.24) is 5.32 Å². The zero-order valence-electron chi connectivity index (χ0n) is 10.5. The fourth-order valence-electron chi connectivity index (χ4n) is 2.43. The lowest BCUT2D eigenvalue weighted by atomic mass is 10.0. The van der Waals surface area contributed by atoms with Crippen LogP contribution in [0, 0.1) is 13.8 Å². The van der Waals surface area contributed by atoms with Crippen molar-refractivity contribution in [3.05, 3.63) is 35.1 Å². The second-order valence-electron chi connectivity index (χ2n) is 5.20. The highest BCUT2D eigenvalue weighted by molar-refractivity contribution is 5.84. The van der Waals surface area contributed by atoms with Crippen LogP contribution >= 0.6 is 0 Å². The second kappa shape index (κ2) is 4.19. The first-order valence-electron chi connectivity index (χ1n) is 6.45. The van der Waals surface area contributed by atoms with E-state index in [4.69, 9.17) is 4.42 Å². The number of benzene rings is 1. The van der Waals surface area contributed by atoms with Gasteiger partial charge in [0.1, 0.15) is 5.58 Å². The molecule has 1 aromatic carbocycles. The first kappa shape index (κ1) is 10.8. The summed E-state index contributed by atoms with van der Waals surface area (Å²) in [4.78, 5) is 0. The van der Waals surface area contributed by atoms with Gasteiger partial charge in [-0.05, 0) is 62.4 Å². The van der Waals surface area contributed by atoms with E-state index in [9.17, 15) is 0 Å². The maximum atomic E-state index is 5.68. The molecule has 17 heavy (non-hydrogen) atoms. The van der Waals surface area contributed by atoms with Crippen molar-refractivity contribution in [2.45, 2.75) is 39.2 Å². The molecular weight excluding hydrogens is 210 g/mol. The van der Waals surface area contributed by atoms with Crippen LogP contribution in [0.5, 0.6) is 0 Å². The molecule has 1 heterocycles. The van der Waals surface area contributed by atoms with Gasteiger partial charge in [-0.15, -0.1) is 0 Å². The number of furan rings is 1. The van der Waals surface area contributed by atoms with Crippen molar-refractivity contribution in [2.75, 3.05) is 6.54 Å². The Labute approximate surface area is 102 Å². The zero-order valence-corrected chi connectivity index (χ0v) is 10.5.